The minimum absolute atomic E-state index is 0.0732. The second kappa shape index (κ2) is 7.97. The van der Waals surface area contributed by atoms with E-state index in [-0.39, 0.29) is 12.1 Å². The summed E-state index contributed by atoms with van der Waals surface area (Å²) >= 11 is 3.33. The van der Waals surface area contributed by atoms with Crippen molar-refractivity contribution in [2.45, 2.75) is 12.6 Å². The molecule has 1 aromatic carbocycles. The highest BCUT2D eigenvalue weighted by molar-refractivity contribution is 9.10. The predicted molar refractivity (Wildman–Crippen MR) is 107 cm³/mol. The molecule has 1 atom stereocenters. The van der Waals surface area contributed by atoms with E-state index in [1.807, 2.05) is 12.1 Å². The third-order valence-electron chi connectivity index (χ3n) is 4.73. The lowest BCUT2D eigenvalue weighted by Crippen LogP contribution is -2.30. The van der Waals surface area contributed by atoms with Gasteiger partial charge in [-0.15, -0.1) is 0 Å². The Bertz CT molecular complexity index is 1080. The molecular formula is C22H16BrN3O3. The summed E-state index contributed by atoms with van der Waals surface area (Å²) in [5, 5.41) is 13.2. The lowest BCUT2D eigenvalue weighted by molar-refractivity contribution is -0.378. The Kier molecular flexibility index (Phi) is 5.22. The normalized spacial score (nSPS) is 18.2. The Morgan fingerprint density at radius 3 is 2.55 bits per heavy atom. The van der Waals surface area contributed by atoms with Gasteiger partial charge in [-0.1, -0.05) is 39.9 Å². The number of hydrogen-bond acceptors (Lipinski definition) is 4. The molecule has 0 saturated carbocycles. The molecule has 1 saturated heterocycles. The number of ketones is 1. The molecule has 3 aromatic rings. The van der Waals surface area contributed by atoms with Crippen LogP contribution in [0.3, 0.4) is 0 Å². The fourth-order valence-corrected chi connectivity index (χ4v) is 3.63. The third kappa shape index (κ3) is 3.69. The van der Waals surface area contributed by atoms with E-state index in [0.717, 1.165) is 10.0 Å². The zero-order chi connectivity index (χ0) is 20.4. The van der Waals surface area contributed by atoms with Crippen molar-refractivity contribution in [1.29, 1.82) is 0 Å². The van der Waals surface area contributed by atoms with Crippen LogP contribution in [0.2, 0.25) is 0 Å². The first-order valence-electron chi connectivity index (χ1n) is 8.94. The monoisotopic (exact) mass is 449 g/mol. The van der Waals surface area contributed by atoms with E-state index in [1.165, 1.54) is 4.90 Å². The molecule has 144 valence electrons. The highest BCUT2D eigenvalue weighted by Gasteiger charge is 2.44. The Morgan fingerprint density at radius 1 is 1.10 bits per heavy atom. The first-order valence-corrected chi connectivity index (χ1v) is 9.74. The maximum Gasteiger partial charge on any atom is 0.295 e. The third-order valence-corrected chi connectivity index (χ3v) is 5.26. The topological polar surface area (TPSA) is 87.5 Å². The molecule has 1 amide bonds. The van der Waals surface area contributed by atoms with Crippen molar-refractivity contribution in [3.05, 3.63) is 100 Å². The van der Waals surface area contributed by atoms with Gasteiger partial charge in [-0.05, 0) is 35.9 Å². The van der Waals surface area contributed by atoms with Gasteiger partial charge >= 0.3 is 0 Å². The number of H-pyrrole nitrogens is 1. The van der Waals surface area contributed by atoms with Crippen LogP contribution in [0.25, 0.3) is 5.76 Å². The number of hydrogen-bond donors (Lipinski definition) is 0. The number of nitrogens with one attached hydrogen (secondary N) is 1. The quantitative estimate of drug-likeness (QED) is 0.346. The first-order chi connectivity index (χ1) is 14.1. The van der Waals surface area contributed by atoms with E-state index in [4.69, 9.17) is 0 Å². The van der Waals surface area contributed by atoms with E-state index < -0.39 is 23.5 Å². The van der Waals surface area contributed by atoms with Gasteiger partial charge in [-0.2, -0.15) is 0 Å². The number of rotatable bonds is 4. The number of amides is 1. The molecule has 2 aromatic heterocycles. The summed E-state index contributed by atoms with van der Waals surface area (Å²) in [7, 11) is 0. The largest absolute Gasteiger partial charge is 0.872 e. The van der Waals surface area contributed by atoms with Crippen LogP contribution < -0.4 is 10.1 Å². The second-order valence-electron chi connectivity index (χ2n) is 6.58. The van der Waals surface area contributed by atoms with E-state index in [9.17, 15) is 14.7 Å². The summed E-state index contributed by atoms with van der Waals surface area (Å²) < 4.78 is 0.816. The molecule has 7 heteroatoms. The highest BCUT2D eigenvalue weighted by atomic mass is 79.9. The maximum absolute atomic E-state index is 13.2. The molecule has 6 nitrogen and oxygen atoms in total. The number of benzene rings is 1. The van der Waals surface area contributed by atoms with E-state index in [0.29, 0.717) is 11.3 Å². The first kappa shape index (κ1) is 19.0. The van der Waals surface area contributed by atoms with Crippen molar-refractivity contribution < 1.29 is 19.7 Å². The Hall–Kier alpha value is -3.32. The maximum atomic E-state index is 13.2. The SMILES string of the molecule is O=C1C(=O)N(Cc2ccc[nH+]c2)C(c2ccccn2)C1=C([O-])c1ccc(Br)cc1. The molecule has 0 aliphatic carbocycles. The van der Waals surface area contributed by atoms with Crippen molar-refractivity contribution in [2.75, 3.05) is 0 Å². The Labute approximate surface area is 175 Å². The van der Waals surface area contributed by atoms with Gasteiger partial charge in [0.1, 0.15) is 6.04 Å². The van der Waals surface area contributed by atoms with Crippen LogP contribution in [0.1, 0.15) is 22.9 Å². The highest BCUT2D eigenvalue weighted by Crippen LogP contribution is 2.38. The van der Waals surface area contributed by atoms with Crippen LogP contribution in [0, 0.1) is 0 Å². The molecule has 3 heterocycles. The molecule has 4 rings (SSSR count). The van der Waals surface area contributed by atoms with E-state index >= 15 is 0 Å². The summed E-state index contributed by atoms with van der Waals surface area (Å²) in [5.74, 6) is -1.95. The Morgan fingerprint density at radius 2 is 1.90 bits per heavy atom. The van der Waals surface area contributed by atoms with Crippen molar-refractivity contribution in [3.8, 4) is 0 Å². The fraction of sp³-hybridized carbons (Fsp3) is 0.0909. The minimum Gasteiger partial charge on any atom is -0.872 e. The Balaban J connectivity index is 1.85. The summed E-state index contributed by atoms with van der Waals surface area (Å²) in [6.07, 6.45) is 5.09. The van der Waals surface area contributed by atoms with Gasteiger partial charge in [0.15, 0.2) is 12.4 Å². The van der Waals surface area contributed by atoms with Crippen LogP contribution in [0.5, 0.6) is 0 Å². The minimum atomic E-state index is -0.840. The number of nitrogens with zero attached hydrogens (tertiary/aromatic N) is 2. The summed E-state index contributed by atoms with van der Waals surface area (Å²) in [6.45, 7) is 0.181. The van der Waals surface area contributed by atoms with Gasteiger partial charge < -0.3 is 10.0 Å². The number of pyridine rings is 2. The number of carbonyl (C=O) groups is 2. The fourth-order valence-electron chi connectivity index (χ4n) is 3.36. The van der Waals surface area contributed by atoms with Gasteiger partial charge in [0.2, 0.25) is 5.78 Å². The van der Waals surface area contributed by atoms with Gasteiger partial charge in [0.05, 0.1) is 12.2 Å². The van der Waals surface area contributed by atoms with Gasteiger partial charge in [0.25, 0.3) is 5.91 Å². The van der Waals surface area contributed by atoms with Crippen molar-refractivity contribution >= 4 is 33.4 Å². The number of aromatic nitrogens is 2. The number of halogens is 1. The molecular weight excluding hydrogens is 434 g/mol. The molecule has 29 heavy (non-hydrogen) atoms. The number of Topliss-reactive ketones (excluding diaryl/α,β-unsaturated/α-hetero) is 1. The van der Waals surface area contributed by atoms with Crippen molar-refractivity contribution in [3.63, 3.8) is 0 Å². The summed E-state index contributed by atoms with van der Waals surface area (Å²) in [4.78, 5) is 34.4. The summed E-state index contributed by atoms with van der Waals surface area (Å²) in [5.41, 5.74) is 1.56. The lowest BCUT2D eigenvalue weighted by atomic mass is 9.98. The molecule has 1 fully saturated rings. The van der Waals surface area contributed by atoms with Gasteiger partial charge in [-0.3, -0.25) is 14.6 Å². The van der Waals surface area contributed by atoms with Gasteiger partial charge in [-0.25, -0.2) is 4.98 Å². The lowest BCUT2D eigenvalue weighted by Gasteiger charge is -2.26. The standard InChI is InChI=1S/C22H16BrN3O3/c23-16-8-6-15(7-9-16)20(27)18-19(17-5-1-2-11-25-17)26(22(29)21(18)28)13-14-4-3-10-24-12-14/h1-12,19,27H,13H2. The molecule has 1 unspecified atom stereocenters. The number of carbonyl (C=O) groups excluding carboxylic acids is 2. The molecule has 0 bridgehead atoms. The smallest absolute Gasteiger partial charge is 0.295 e. The second-order valence-corrected chi connectivity index (χ2v) is 7.50. The molecule has 1 aliphatic rings. The average molecular weight is 450 g/mol. The number of likely N-dealkylation sites (tertiary alicyclic amines) is 1. The molecule has 0 radical (unpaired) electrons. The van der Waals surface area contributed by atoms with Crippen LogP contribution >= 0.6 is 15.9 Å². The van der Waals surface area contributed by atoms with Crippen LogP contribution in [-0.2, 0) is 16.1 Å². The zero-order valence-corrected chi connectivity index (χ0v) is 16.8. The average Bonchev–Trinajstić information content (AvgIpc) is 3.00. The van der Waals surface area contributed by atoms with E-state index in [2.05, 4.69) is 25.9 Å². The predicted octanol–water partition coefficient (Wildman–Crippen LogP) is 2.08. The molecule has 1 aliphatic heterocycles. The summed E-state index contributed by atoms with van der Waals surface area (Å²) in [6, 6.07) is 14.8. The van der Waals surface area contributed by atoms with Crippen LogP contribution in [0.15, 0.2) is 83.2 Å². The van der Waals surface area contributed by atoms with Crippen molar-refractivity contribution in [2.24, 2.45) is 0 Å². The van der Waals surface area contributed by atoms with Crippen molar-refractivity contribution in [1.82, 2.24) is 9.88 Å². The van der Waals surface area contributed by atoms with E-state index in [1.54, 1.807) is 61.1 Å². The molecule has 1 N–H and O–H groups in total. The van der Waals surface area contributed by atoms with Gasteiger partial charge in [0, 0.05) is 27.9 Å². The molecule has 0 spiro atoms. The van der Waals surface area contributed by atoms with Crippen LogP contribution in [0.4, 0.5) is 0 Å². The number of aromatic amines is 1. The van der Waals surface area contributed by atoms with Crippen LogP contribution in [-0.4, -0.2) is 21.6 Å². The zero-order valence-electron chi connectivity index (χ0n) is 15.2.